The van der Waals surface area contributed by atoms with E-state index in [1.165, 1.54) is 19.4 Å². The molecule has 2 saturated heterocycles. The van der Waals surface area contributed by atoms with Gasteiger partial charge in [-0.2, -0.15) is 0 Å². The number of rotatable bonds is 2. The lowest BCUT2D eigenvalue weighted by atomic mass is 10.0. The van der Waals surface area contributed by atoms with Crippen LogP contribution in [0.25, 0.3) is 0 Å². The average molecular weight is 290 g/mol. The molecule has 0 saturated carbocycles. The van der Waals surface area contributed by atoms with Gasteiger partial charge in [0.1, 0.15) is 10.8 Å². The van der Waals surface area contributed by atoms with E-state index in [9.17, 15) is 0 Å². The van der Waals surface area contributed by atoms with Crippen LogP contribution in [0.2, 0.25) is 0 Å². The normalized spacial score (nSPS) is 26.6. The van der Waals surface area contributed by atoms with Gasteiger partial charge in [0, 0.05) is 31.4 Å². The zero-order valence-corrected chi connectivity index (χ0v) is 13.0. The van der Waals surface area contributed by atoms with E-state index in [0.717, 1.165) is 30.0 Å². The van der Waals surface area contributed by atoms with E-state index < -0.39 is 0 Å². The van der Waals surface area contributed by atoms with E-state index >= 15 is 0 Å². The van der Waals surface area contributed by atoms with E-state index in [1.807, 2.05) is 12.3 Å². The van der Waals surface area contributed by atoms with Gasteiger partial charge in [-0.1, -0.05) is 12.2 Å². The van der Waals surface area contributed by atoms with Crippen molar-refractivity contribution in [3.05, 3.63) is 23.4 Å². The van der Waals surface area contributed by atoms with Crippen LogP contribution >= 0.6 is 12.2 Å². The molecule has 0 aromatic carbocycles. The first-order chi connectivity index (χ1) is 9.58. The highest BCUT2D eigenvalue weighted by Crippen LogP contribution is 2.30. The summed E-state index contributed by atoms with van der Waals surface area (Å²) in [6.45, 7) is 7.70. The van der Waals surface area contributed by atoms with E-state index in [4.69, 9.17) is 18.0 Å². The largest absolute Gasteiger partial charge is 0.389 e. The third kappa shape index (κ3) is 2.29. The maximum atomic E-state index is 5.93. The summed E-state index contributed by atoms with van der Waals surface area (Å²) in [5.41, 5.74) is 7.99. The first-order valence-electron chi connectivity index (χ1n) is 7.34. The topological polar surface area (TPSA) is 45.4 Å². The Hall–Kier alpha value is -1.20. The minimum atomic E-state index is 0.451. The van der Waals surface area contributed by atoms with Gasteiger partial charge in [0.2, 0.25) is 0 Å². The van der Waals surface area contributed by atoms with Gasteiger partial charge in [0.05, 0.1) is 5.56 Å². The van der Waals surface area contributed by atoms with Crippen LogP contribution in [-0.2, 0) is 0 Å². The number of thiocarbonyl (C=S) groups is 1. The lowest BCUT2D eigenvalue weighted by molar-refractivity contribution is 0.202. The summed E-state index contributed by atoms with van der Waals surface area (Å²) in [5.74, 6) is 0.969. The van der Waals surface area contributed by atoms with Crippen LogP contribution in [0.1, 0.15) is 30.9 Å². The van der Waals surface area contributed by atoms with Gasteiger partial charge in [-0.05, 0) is 44.9 Å². The predicted molar refractivity (Wildman–Crippen MR) is 86.3 cm³/mol. The van der Waals surface area contributed by atoms with Crippen molar-refractivity contribution in [2.45, 2.75) is 38.8 Å². The number of pyridine rings is 1. The number of nitrogens with two attached hydrogens (primary N) is 1. The molecule has 2 aliphatic rings. The number of hydrogen-bond donors (Lipinski definition) is 1. The van der Waals surface area contributed by atoms with Gasteiger partial charge in [0.15, 0.2) is 0 Å². The van der Waals surface area contributed by atoms with Crippen molar-refractivity contribution in [1.29, 1.82) is 0 Å². The Morgan fingerprint density at radius 3 is 3.00 bits per heavy atom. The summed E-state index contributed by atoms with van der Waals surface area (Å²) in [6, 6.07) is 3.09. The number of anilines is 1. The summed E-state index contributed by atoms with van der Waals surface area (Å²) >= 11 is 5.24. The minimum absolute atomic E-state index is 0.451. The Balaban J connectivity index is 1.96. The smallest absolute Gasteiger partial charge is 0.139 e. The van der Waals surface area contributed by atoms with Crippen LogP contribution in [0.5, 0.6) is 0 Å². The molecule has 1 aromatic heterocycles. The Morgan fingerprint density at radius 1 is 1.45 bits per heavy atom. The fraction of sp³-hybridized carbons (Fsp3) is 0.600. The average Bonchev–Trinajstić information content (AvgIpc) is 2.84. The van der Waals surface area contributed by atoms with Gasteiger partial charge in [-0.25, -0.2) is 4.98 Å². The molecule has 0 aliphatic carbocycles. The molecule has 0 radical (unpaired) electrons. The molecule has 3 rings (SSSR count). The zero-order chi connectivity index (χ0) is 14.3. The number of nitrogens with zero attached hydrogens (tertiary/aromatic N) is 3. The molecule has 0 amide bonds. The summed E-state index contributed by atoms with van der Waals surface area (Å²) in [4.78, 5) is 10.0. The van der Waals surface area contributed by atoms with Crippen LogP contribution in [0.4, 0.5) is 5.82 Å². The third-order valence-electron chi connectivity index (χ3n) is 4.60. The molecule has 5 heteroatoms. The lowest BCUT2D eigenvalue weighted by Crippen LogP contribution is -2.55. The molecule has 108 valence electrons. The number of piperazine rings is 1. The molecule has 1 aromatic rings. The van der Waals surface area contributed by atoms with Gasteiger partial charge in [-0.3, -0.25) is 4.90 Å². The van der Waals surface area contributed by atoms with Crippen LogP contribution < -0.4 is 10.6 Å². The van der Waals surface area contributed by atoms with Crippen LogP contribution in [0.3, 0.4) is 0 Å². The fourth-order valence-electron chi connectivity index (χ4n) is 3.55. The maximum absolute atomic E-state index is 5.93. The second-order valence-corrected chi connectivity index (χ2v) is 6.42. The van der Waals surface area contributed by atoms with E-state index in [0.29, 0.717) is 17.1 Å². The molecule has 4 nitrogen and oxygen atoms in total. The van der Waals surface area contributed by atoms with E-state index in [2.05, 4.69) is 28.6 Å². The molecule has 2 atom stereocenters. The molecule has 0 spiro atoms. The second kappa shape index (κ2) is 5.30. The number of aromatic nitrogens is 1. The van der Waals surface area contributed by atoms with Crippen molar-refractivity contribution in [2.24, 2.45) is 5.73 Å². The van der Waals surface area contributed by atoms with Crippen molar-refractivity contribution in [2.75, 3.05) is 24.5 Å². The first kappa shape index (κ1) is 13.8. The van der Waals surface area contributed by atoms with Crippen molar-refractivity contribution < 1.29 is 0 Å². The molecular formula is C15H22N4S. The highest BCUT2D eigenvalue weighted by atomic mass is 32.1. The Labute approximate surface area is 126 Å². The number of aryl methyl sites for hydroxylation is 1. The van der Waals surface area contributed by atoms with Crippen molar-refractivity contribution in [3.8, 4) is 0 Å². The van der Waals surface area contributed by atoms with Crippen molar-refractivity contribution in [3.63, 3.8) is 0 Å². The zero-order valence-electron chi connectivity index (χ0n) is 12.2. The highest BCUT2D eigenvalue weighted by Gasteiger charge is 2.35. The van der Waals surface area contributed by atoms with Gasteiger partial charge < -0.3 is 10.6 Å². The van der Waals surface area contributed by atoms with Gasteiger partial charge in [0.25, 0.3) is 0 Å². The molecule has 2 unspecified atom stereocenters. The molecule has 20 heavy (non-hydrogen) atoms. The van der Waals surface area contributed by atoms with Crippen LogP contribution in [0, 0.1) is 6.92 Å². The first-order valence-corrected chi connectivity index (χ1v) is 7.75. The molecule has 2 fully saturated rings. The molecule has 2 N–H and O–H groups in total. The standard InChI is InChI=1S/C15H22N4S/c1-10-5-6-17-15(13(10)14(16)20)19-9-12-4-3-7-18(12)8-11(19)2/h5-6,11-12H,3-4,7-9H2,1-2H3,(H2,16,20). The predicted octanol–water partition coefficient (Wildman–Crippen LogP) is 1.70. The Bertz CT molecular complexity index is 531. The number of fused-ring (bicyclic) bond motifs is 1. The summed E-state index contributed by atoms with van der Waals surface area (Å²) in [6.07, 6.45) is 4.46. The highest BCUT2D eigenvalue weighted by molar-refractivity contribution is 7.80. The van der Waals surface area contributed by atoms with Crippen molar-refractivity contribution in [1.82, 2.24) is 9.88 Å². The van der Waals surface area contributed by atoms with Crippen LogP contribution in [-0.4, -0.2) is 46.6 Å². The lowest BCUT2D eigenvalue weighted by Gasteiger charge is -2.43. The SMILES string of the molecule is Cc1ccnc(N2CC3CCCN3CC2C)c1C(N)=S. The fourth-order valence-corrected chi connectivity index (χ4v) is 3.80. The quantitative estimate of drug-likeness (QED) is 0.840. The third-order valence-corrected chi connectivity index (χ3v) is 4.80. The second-order valence-electron chi connectivity index (χ2n) is 5.98. The molecule has 2 aliphatic heterocycles. The van der Waals surface area contributed by atoms with Crippen LogP contribution in [0.15, 0.2) is 12.3 Å². The Morgan fingerprint density at radius 2 is 2.25 bits per heavy atom. The Kier molecular flexibility index (Phi) is 3.65. The minimum Gasteiger partial charge on any atom is -0.389 e. The number of hydrogen-bond acceptors (Lipinski definition) is 4. The summed E-state index contributed by atoms with van der Waals surface area (Å²) in [5, 5.41) is 0. The molecule has 3 heterocycles. The van der Waals surface area contributed by atoms with Gasteiger partial charge in [-0.15, -0.1) is 0 Å². The molecule has 0 bridgehead atoms. The summed E-state index contributed by atoms with van der Waals surface area (Å²) < 4.78 is 0. The summed E-state index contributed by atoms with van der Waals surface area (Å²) in [7, 11) is 0. The van der Waals surface area contributed by atoms with Crippen molar-refractivity contribution >= 4 is 23.0 Å². The molecular weight excluding hydrogens is 268 g/mol. The monoisotopic (exact) mass is 290 g/mol. The van der Waals surface area contributed by atoms with Gasteiger partial charge >= 0.3 is 0 Å². The van der Waals surface area contributed by atoms with E-state index in [1.54, 1.807) is 0 Å². The maximum Gasteiger partial charge on any atom is 0.139 e. The van der Waals surface area contributed by atoms with E-state index in [-0.39, 0.29) is 0 Å².